The normalized spacial score (nSPS) is 20.0. The molecule has 1 atom stereocenters. The molecule has 1 unspecified atom stereocenters. The summed E-state index contributed by atoms with van der Waals surface area (Å²) in [4.78, 5) is 11.7. The van der Waals surface area contributed by atoms with Crippen molar-refractivity contribution in [1.82, 2.24) is 10.0 Å². The number of sulfonamides is 1. The minimum atomic E-state index is -3.74. The lowest BCUT2D eigenvalue weighted by atomic mass is 10.2. The van der Waals surface area contributed by atoms with Crippen molar-refractivity contribution >= 4 is 25.8 Å². The number of amides is 1. The summed E-state index contributed by atoms with van der Waals surface area (Å²) < 4.78 is 61.9. The second-order valence-corrected chi connectivity index (χ2v) is 9.80. The van der Waals surface area contributed by atoms with Gasteiger partial charge in [0.25, 0.3) is 0 Å². The molecule has 2 rings (SSSR count). The van der Waals surface area contributed by atoms with Crippen LogP contribution in [-0.4, -0.2) is 52.6 Å². The van der Waals surface area contributed by atoms with Crippen molar-refractivity contribution in [3.8, 4) is 0 Å². The van der Waals surface area contributed by atoms with Crippen LogP contribution in [0.3, 0.4) is 0 Å². The van der Waals surface area contributed by atoms with Gasteiger partial charge in [-0.05, 0) is 24.5 Å². The van der Waals surface area contributed by atoms with Crippen LogP contribution in [0.25, 0.3) is 0 Å². The molecular weight excluding hydrogens is 359 g/mol. The Kier molecular flexibility index (Phi) is 5.94. The van der Waals surface area contributed by atoms with Gasteiger partial charge in [-0.3, -0.25) is 4.79 Å². The van der Waals surface area contributed by atoms with E-state index in [0.717, 1.165) is 0 Å². The highest BCUT2D eigenvalue weighted by Gasteiger charge is 2.29. The molecule has 0 radical (unpaired) electrons. The second kappa shape index (κ2) is 7.58. The summed E-state index contributed by atoms with van der Waals surface area (Å²) in [6.45, 7) is -0.476. The average Bonchev–Trinajstić information content (AvgIpc) is 2.83. The van der Waals surface area contributed by atoms with Gasteiger partial charge < -0.3 is 5.32 Å². The zero-order valence-electron chi connectivity index (χ0n) is 12.9. The summed E-state index contributed by atoms with van der Waals surface area (Å²) in [7, 11) is -6.86. The summed E-state index contributed by atoms with van der Waals surface area (Å²) >= 11 is 0. The fraction of sp³-hybridized carbons (Fsp3) is 0.500. The van der Waals surface area contributed by atoms with E-state index in [0.29, 0.717) is 6.42 Å². The predicted molar refractivity (Wildman–Crippen MR) is 87.1 cm³/mol. The second-order valence-electron chi connectivity index (χ2n) is 5.65. The van der Waals surface area contributed by atoms with Crippen LogP contribution >= 0.6 is 0 Å². The summed E-state index contributed by atoms with van der Waals surface area (Å²) in [5.41, 5.74) is 0.281. The summed E-state index contributed by atoms with van der Waals surface area (Å²) in [5, 5.41) is 2.48. The fourth-order valence-electron chi connectivity index (χ4n) is 2.38. The van der Waals surface area contributed by atoms with Crippen LogP contribution in [0.5, 0.6) is 0 Å². The van der Waals surface area contributed by atoms with Crippen molar-refractivity contribution in [1.29, 1.82) is 0 Å². The molecule has 10 heteroatoms. The van der Waals surface area contributed by atoms with E-state index in [-0.39, 0.29) is 29.2 Å². The Hall–Kier alpha value is -1.52. The van der Waals surface area contributed by atoms with Crippen molar-refractivity contribution in [2.24, 2.45) is 0 Å². The van der Waals surface area contributed by atoms with Crippen molar-refractivity contribution in [3.63, 3.8) is 0 Å². The van der Waals surface area contributed by atoms with E-state index in [9.17, 15) is 26.0 Å². The highest BCUT2D eigenvalue weighted by atomic mass is 32.2. The lowest BCUT2D eigenvalue weighted by molar-refractivity contribution is -0.120. The van der Waals surface area contributed by atoms with Crippen molar-refractivity contribution in [2.75, 3.05) is 23.8 Å². The third kappa shape index (κ3) is 5.84. The van der Waals surface area contributed by atoms with Crippen LogP contribution in [-0.2, 0) is 31.1 Å². The zero-order valence-corrected chi connectivity index (χ0v) is 14.5. The minimum Gasteiger partial charge on any atom is -0.351 e. The molecule has 1 aliphatic heterocycles. The molecule has 24 heavy (non-hydrogen) atoms. The lowest BCUT2D eigenvalue weighted by Crippen LogP contribution is -2.43. The van der Waals surface area contributed by atoms with Gasteiger partial charge in [-0.25, -0.2) is 25.9 Å². The first-order valence-electron chi connectivity index (χ1n) is 7.37. The first-order chi connectivity index (χ1) is 11.2. The van der Waals surface area contributed by atoms with E-state index < -0.39 is 44.2 Å². The molecule has 1 amide bonds. The number of carbonyl (C=O) groups is 1. The zero-order chi connectivity index (χ0) is 17.8. The quantitative estimate of drug-likeness (QED) is 0.670. The molecule has 1 fully saturated rings. The number of halogens is 1. The summed E-state index contributed by atoms with van der Waals surface area (Å²) in [5.74, 6) is -1.52. The van der Waals surface area contributed by atoms with Gasteiger partial charge in [0.15, 0.2) is 9.84 Å². The highest BCUT2D eigenvalue weighted by molar-refractivity contribution is 7.91. The molecule has 1 aliphatic rings. The number of benzene rings is 1. The van der Waals surface area contributed by atoms with Crippen LogP contribution in [0.15, 0.2) is 24.3 Å². The first-order valence-corrected chi connectivity index (χ1v) is 10.8. The maximum atomic E-state index is 13.4. The van der Waals surface area contributed by atoms with E-state index in [1.807, 2.05) is 0 Å². The molecule has 0 aliphatic carbocycles. The van der Waals surface area contributed by atoms with Crippen LogP contribution in [0.1, 0.15) is 12.0 Å². The third-order valence-electron chi connectivity index (χ3n) is 3.65. The molecule has 1 saturated heterocycles. The van der Waals surface area contributed by atoms with Gasteiger partial charge in [-0.1, -0.05) is 18.2 Å². The number of hydrogen-bond acceptors (Lipinski definition) is 5. The molecule has 134 valence electrons. The average molecular weight is 378 g/mol. The Morgan fingerprint density at radius 3 is 2.62 bits per heavy atom. The summed E-state index contributed by atoms with van der Waals surface area (Å²) in [6.07, 6.45) is 0.318. The van der Waals surface area contributed by atoms with Crippen molar-refractivity contribution in [3.05, 3.63) is 35.6 Å². The molecule has 1 aromatic rings. The van der Waals surface area contributed by atoms with E-state index in [4.69, 9.17) is 0 Å². The Bertz CT molecular complexity index is 808. The van der Waals surface area contributed by atoms with Gasteiger partial charge in [-0.2, -0.15) is 0 Å². The molecule has 0 bridgehead atoms. The van der Waals surface area contributed by atoms with Crippen molar-refractivity contribution < 1.29 is 26.0 Å². The number of hydrogen-bond donors (Lipinski definition) is 2. The van der Waals surface area contributed by atoms with Gasteiger partial charge in [0.05, 0.1) is 23.8 Å². The van der Waals surface area contributed by atoms with Gasteiger partial charge in [0.1, 0.15) is 5.82 Å². The monoisotopic (exact) mass is 378 g/mol. The minimum absolute atomic E-state index is 0.00943. The van der Waals surface area contributed by atoms with Crippen LogP contribution in [0, 0.1) is 5.82 Å². The number of carbonyl (C=O) groups excluding carboxylic acids is 1. The molecule has 0 aromatic heterocycles. The SMILES string of the molecule is O=C(CNS(=O)(=O)CCc1ccccc1F)NC1CCS(=O)(=O)C1. The number of nitrogens with one attached hydrogen (secondary N) is 2. The van der Waals surface area contributed by atoms with Crippen LogP contribution in [0.4, 0.5) is 4.39 Å². The van der Waals surface area contributed by atoms with Gasteiger partial charge >= 0.3 is 0 Å². The Morgan fingerprint density at radius 2 is 2.00 bits per heavy atom. The number of rotatable bonds is 7. The molecule has 2 N–H and O–H groups in total. The molecule has 1 aromatic carbocycles. The summed E-state index contributed by atoms with van der Waals surface area (Å²) in [6, 6.07) is 5.39. The Labute approximate surface area is 140 Å². The molecular formula is C14H19FN2O5S2. The number of sulfone groups is 1. The van der Waals surface area contributed by atoms with E-state index in [1.165, 1.54) is 18.2 Å². The van der Waals surface area contributed by atoms with Gasteiger partial charge in [0, 0.05) is 6.04 Å². The predicted octanol–water partition coefficient (Wildman–Crippen LogP) is -0.409. The first kappa shape index (κ1) is 18.8. The number of aryl methyl sites for hydroxylation is 1. The van der Waals surface area contributed by atoms with Crippen molar-refractivity contribution in [2.45, 2.75) is 18.9 Å². The fourth-order valence-corrected chi connectivity index (χ4v) is 5.04. The topological polar surface area (TPSA) is 109 Å². The highest BCUT2D eigenvalue weighted by Crippen LogP contribution is 2.11. The van der Waals surface area contributed by atoms with Crippen LogP contribution in [0.2, 0.25) is 0 Å². The molecule has 7 nitrogen and oxygen atoms in total. The van der Waals surface area contributed by atoms with Crippen LogP contribution < -0.4 is 10.0 Å². The van der Waals surface area contributed by atoms with Gasteiger partial charge in [0.2, 0.25) is 15.9 Å². The standard InChI is InChI=1S/C14H19FN2O5S2/c15-13-4-2-1-3-11(13)5-8-24(21,22)16-9-14(18)17-12-6-7-23(19,20)10-12/h1-4,12,16H,5-10H2,(H,17,18). The maximum Gasteiger partial charge on any atom is 0.235 e. The molecule has 1 heterocycles. The van der Waals surface area contributed by atoms with E-state index >= 15 is 0 Å². The van der Waals surface area contributed by atoms with E-state index in [1.54, 1.807) is 6.07 Å². The van der Waals surface area contributed by atoms with E-state index in [2.05, 4.69) is 10.0 Å². The lowest BCUT2D eigenvalue weighted by Gasteiger charge is -2.11. The largest absolute Gasteiger partial charge is 0.351 e. The third-order valence-corrected chi connectivity index (χ3v) is 6.74. The molecule has 0 saturated carbocycles. The Morgan fingerprint density at radius 1 is 1.29 bits per heavy atom. The Balaban J connectivity index is 1.78. The smallest absolute Gasteiger partial charge is 0.235 e. The molecule has 0 spiro atoms. The van der Waals surface area contributed by atoms with Gasteiger partial charge in [-0.15, -0.1) is 0 Å². The maximum absolute atomic E-state index is 13.4.